The van der Waals surface area contributed by atoms with Gasteiger partial charge in [-0.1, -0.05) is 30.3 Å². The van der Waals surface area contributed by atoms with E-state index in [1.165, 1.54) is 6.92 Å². The standard InChI is InChI=1S/C12H14O2/c1-9(13)12(2,3)11(14)10-7-5-4-6-8-10/h4-8H,1-3H3. The predicted molar refractivity (Wildman–Crippen MR) is 55.2 cm³/mol. The molecule has 0 saturated heterocycles. The number of carbonyl (C=O) groups excluding carboxylic acids is 2. The first-order valence-electron chi connectivity index (χ1n) is 4.57. The van der Waals surface area contributed by atoms with Crippen LogP contribution in [-0.2, 0) is 4.79 Å². The van der Waals surface area contributed by atoms with E-state index in [1.807, 2.05) is 6.07 Å². The molecule has 0 fully saturated rings. The molecule has 0 N–H and O–H groups in total. The normalized spacial score (nSPS) is 11.1. The van der Waals surface area contributed by atoms with Crippen molar-refractivity contribution in [3.63, 3.8) is 0 Å². The van der Waals surface area contributed by atoms with Crippen molar-refractivity contribution in [1.82, 2.24) is 0 Å². The summed E-state index contributed by atoms with van der Waals surface area (Å²) in [6, 6.07) is 8.89. The number of benzene rings is 1. The first-order valence-corrected chi connectivity index (χ1v) is 4.57. The largest absolute Gasteiger partial charge is 0.299 e. The van der Waals surface area contributed by atoms with Gasteiger partial charge in [-0.25, -0.2) is 0 Å². The minimum Gasteiger partial charge on any atom is -0.299 e. The van der Waals surface area contributed by atoms with Gasteiger partial charge in [-0.3, -0.25) is 9.59 Å². The number of Topliss-reactive ketones (excluding diaryl/α,β-unsaturated/α-hetero) is 2. The van der Waals surface area contributed by atoms with E-state index in [1.54, 1.807) is 38.1 Å². The fourth-order valence-corrected chi connectivity index (χ4v) is 1.11. The van der Waals surface area contributed by atoms with Crippen molar-refractivity contribution in [2.24, 2.45) is 5.41 Å². The highest BCUT2D eigenvalue weighted by molar-refractivity contribution is 6.13. The van der Waals surface area contributed by atoms with E-state index >= 15 is 0 Å². The van der Waals surface area contributed by atoms with Crippen LogP contribution in [-0.4, -0.2) is 11.6 Å². The second-order valence-electron chi connectivity index (χ2n) is 3.88. The van der Waals surface area contributed by atoms with E-state index in [-0.39, 0.29) is 11.6 Å². The summed E-state index contributed by atoms with van der Waals surface area (Å²) in [5.74, 6) is -0.225. The van der Waals surface area contributed by atoms with Gasteiger partial charge in [-0.05, 0) is 20.8 Å². The van der Waals surface area contributed by atoms with Crippen molar-refractivity contribution in [2.75, 3.05) is 0 Å². The molecule has 0 aliphatic rings. The van der Waals surface area contributed by atoms with Gasteiger partial charge < -0.3 is 0 Å². The van der Waals surface area contributed by atoms with Crippen LogP contribution in [0.4, 0.5) is 0 Å². The van der Waals surface area contributed by atoms with Crippen LogP contribution in [0.1, 0.15) is 31.1 Å². The lowest BCUT2D eigenvalue weighted by atomic mass is 9.81. The summed E-state index contributed by atoms with van der Waals surface area (Å²) < 4.78 is 0. The molecule has 74 valence electrons. The second-order valence-corrected chi connectivity index (χ2v) is 3.88. The highest BCUT2D eigenvalue weighted by Gasteiger charge is 2.33. The van der Waals surface area contributed by atoms with Crippen molar-refractivity contribution in [3.8, 4) is 0 Å². The number of hydrogen-bond donors (Lipinski definition) is 0. The van der Waals surface area contributed by atoms with Gasteiger partial charge in [0.15, 0.2) is 5.78 Å². The highest BCUT2D eigenvalue weighted by Crippen LogP contribution is 2.22. The summed E-state index contributed by atoms with van der Waals surface area (Å²) in [4.78, 5) is 23.1. The molecule has 0 heterocycles. The topological polar surface area (TPSA) is 34.1 Å². The van der Waals surface area contributed by atoms with Crippen LogP contribution in [0.2, 0.25) is 0 Å². The van der Waals surface area contributed by atoms with Gasteiger partial charge in [0.25, 0.3) is 0 Å². The van der Waals surface area contributed by atoms with Crippen molar-refractivity contribution >= 4 is 11.6 Å². The first-order chi connectivity index (χ1) is 6.46. The molecule has 0 saturated carbocycles. The molecule has 0 unspecified atom stereocenters. The molecular weight excluding hydrogens is 176 g/mol. The Labute approximate surface area is 83.9 Å². The maximum absolute atomic E-state index is 11.9. The lowest BCUT2D eigenvalue weighted by Gasteiger charge is -2.19. The maximum atomic E-state index is 11.9. The number of ketones is 2. The second kappa shape index (κ2) is 3.74. The Hall–Kier alpha value is -1.44. The smallest absolute Gasteiger partial charge is 0.175 e. The third-order valence-electron chi connectivity index (χ3n) is 2.48. The molecule has 0 aliphatic carbocycles. The summed E-state index contributed by atoms with van der Waals surface area (Å²) in [6.45, 7) is 4.76. The third-order valence-corrected chi connectivity index (χ3v) is 2.48. The maximum Gasteiger partial charge on any atom is 0.175 e. The number of hydrogen-bond acceptors (Lipinski definition) is 2. The van der Waals surface area contributed by atoms with E-state index in [0.717, 1.165) is 0 Å². The number of carbonyl (C=O) groups is 2. The summed E-state index contributed by atoms with van der Waals surface area (Å²) in [5.41, 5.74) is -0.325. The molecule has 0 amide bonds. The van der Waals surface area contributed by atoms with E-state index in [9.17, 15) is 9.59 Å². The van der Waals surface area contributed by atoms with Gasteiger partial charge >= 0.3 is 0 Å². The molecule has 0 radical (unpaired) electrons. The van der Waals surface area contributed by atoms with E-state index < -0.39 is 5.41 Å². The lowest BCUT2D eigenvalue weighted by Crippen LogP contribution is -2.31. The van der Waals surface area contributed by atoms with Gasteiger partial charge in [-0.15, -0.1) is 0 Å². The van der Waals surface area contributed by atoms with Crippen molar-refractivity contribution in [2.45, 2.75) is 20.8 Å². The average Bonchev–Trinajstić information content (AvgIpc) is 2.17. The molecule has 0 bridgehead atoms. The van der Waals surface area contributed by atoms with Gasteiger partial charge in [-0.2, -0.15) is 0 Å². The quantitative estimate of drug-likeness (QED) is 0.542. The summed E-state index contributed by atoms with van der Waals surface area (Å²) in [6.07, 6.45) is 0. The molecule has 14 heavy (non-hydrogen) atoms. The van der Waals surface area contributed by atoms with E-state index in [4.69, 9.17) is 0 Å². The predicted octanol–water partition coefficient (Wildman–Crippen LogP) is 2.48. The molecule has 0 spiro atoms. The molecule has 0 aliphatic heterocycles. The van der Waals surface area contributed by atoms with E-state index in [0.29, 0.717) is 5.56 Å². The van der Waals surface area contributed by atoms with Crippen molar-refractivity contribution < 1.29 is 9.59 Å². The average molecular weight is 190 g/mol. The van der Waals surface area contributed by atoms with Crippen molar-refractivity contribution in [3.05, 3.63) is 35.9 Å². The highest BCUT2D eigenvalue weighted by atomic mass is 16.2. The Morgan fingerprint density at radius 3 is 2.00 bits per heavy atom. The van der Waals surface area contributed by atoms with Gasteiger partial charge in [0.05, 0.1) is 5.41 Å². The summed E-state index contributed by atoms with van der Waals surface area (Å²) in [7, 11) is 0. The zero-order valence-corrected chi connectivity index (χ0v) is 8.70. The zero-order valence-electron chi connectivity index (χ0n) is 8.70. The molecule has 2 heteroatoms. The van der Waals surface area contributed by atoms with E-state index in [2.05, 4.69) is 0 Å². The fraction of sp³-hybridized carbons (Fsp3) is 0.333. The Morgan fingerprint density at radius 1 is 1.07 bits per heavy atom. The fourth-order valence-electron chi connectivity index (χ4n) is 1.11. The molecule has 2 nitrogen and oxygen atoms in total. The Balaban J connectivity index is 3.03. The van der Waals surface area contributed by atoms with Gasteiger partial charge in [0.1, 0.15) is 5.78 Å². The SMILES string of the molecule is CC(=O)C(C)(C)C(=O)c1ccccc1. The lowest BCUT2D eigenvalue weighted by molar-refractivity contribution is -0.122. The molecule has 0 atom stereocenters. The van der Waals surface area contributed by atoms with Crippen LogP contribution in [0.25, 0.3) is 0 Å². The number of rotatable bonds is 3. The molecule has 1 aromatic rings. The van der Waals surface area contributed by atoms with Crippen molar-refractivity contribution in [1.29, 1.82) is 0 Å². The molecule has 1 aromatic carbocycles. The van der Waals surface area contributed by atoms with Crippen LogP contribution in [0.3, 0.4) is 0 Å². The molecule has 1 rings (SSSR count). The Bertz CT molecular complexity index is 350. The van der Waals surface area contributed by atoms with Crippen LogP contribution < -0.4 is 0 Å². The molecule has 0 aromatic heterocycles. The van der Waals surface area contributed by atoms with Crippen LogP contribution in [0.15, 0.2) is 30.3 Å². The Morgan fingerprint density at radius 2 is 1.57 bits per heavy atom. The first kappa shape index (κ1) is 10.6. The van der Waals surface area contributed by atoms with Crippen LogP contribution in [0, 0.1) is 5.41 Å². The van der Waals surface area contributed by atoms with Gasteiger partial charge in [0, 0.05) is 5.56 Å². The minimum atomic E-state index is -0.915. The molecular formula is C12H14O2. The third kappa shape index (κ3) is 1.90. The summed E-state index contributed by atoms with van der Waals surface area (Å²) in [5, 5.41) is 0. The zero-order chi connectivity index (χ0) is 10.8. The summed E-state index contributed by atoms with van der Waals surface area (Å²) >= 11 is 0. The van der Waals surface area contributed by atoms with Crippen LogP contribution in [0.5, 0.6) is 0 Å². The Kier molecular flexibility index (Phi) is 2.84. The van der Waals surface area contributed by atoms with Crippen LogP contribution >= 0.6 is 0 Å². The minimum absolute atomic E-state index is 0.105. The monoisotopic (exact) mass is 190 g/mol. The van der Waals surface area contributed by atoms with Gasteiger partial charge in [0.2, 0.25) is 0 Å².